The van der Waals surface area contributed by atoms with Crippen LogP contribution < -0.4 is 19.7 Å². The monoisotopic (exact) mass is 419 g/mol. The molecule has 1 N–H and O–H groups in total. The summed E-state index contributed by atoms with van der Waals surface area (Å²) < 4.78 is 10.9. The molecule has 0 radical (unpaired) electrons. The van der Waals surface area contributed by atoms with Crippen LogP contribution in [0.25, 0.3) is 10.8 Å². The maximum absolute atomic E-state index is 5.49. The zero-order chi connectivity index (χ0) is 20.5. The Hall–Kier alpha value is -3.39. The summed E-state index contributed by atoms with van der Waals surface area (Å²) in [5.41, 5.74) is 2.20. The van der Waals surface area contributed by atoms with Crippen molar-refractivity contribution in [3.63, 3.8) is 0 Å². The van der Waals surface area contributed by atoms with E-state index in [-0.39, 0.29) is 0 Å². The van der Waals surface area contributed by atoms with Crippen LogP contribution in [-0.2, 0) is 13.0 Å². The molecule has 1 aliphatic heterocycles. The highest BCUT2D eigenvalue weighted by molar-refractivity contribution is 7.15. The number of aromatic nitrogens is 3. The molecule has 1 aliphatic rings. The molecular weight excluding hydrogens is 398 g/mol. The van der Waals surface area contributed by atoms with Crippen molar-refractivity contribution in [2.75, 3.05) is 31.0 Å². The molecule has 5 rings (SSSR count). The van der Waals surface area contributed by atoms with Gasteiger partial charge in [0.05, 0.1) is 32.7 Å². The molecule has 0 bridgehead atoms. The number of nitrogens with zero attached hydrogens (tertiary/aromatic N) is 4. The van der Waals surface area contributed by atoms with Gasteiger partial charge in [-0.05, 0) is 24.3 Å². The van der Waals surface area contributed by atoms with Gasteiger partial charge in [0.25, 0.3) is 0 Å². The Morgan fingerprint density at radius 3 is 2.67 bits per heavy atom. The Kier molecular flexibility index (Phi) is 4.84. The molecule has 0 unspecified atom stereocenters. The molecule has 0 saturated heterocycles. The van der Waals surface area contributed by atoms with E-state index in [1.807, 2.05) is 42.5 Å². The summed E-state index contributed by atoms with van der Waals surface area (Å²) in [6, 6.07) is 14.0. The molecule has 2 aromatic heterocycles. The molecule has 8 heteroatoms. The number of hydrogen-bond donors (Lipinski definition) is 1. The molecule has 3 heterocycles. The van der Waals surface area contributed by atoms with E-state index in [0.717, 1.165) is 52.6 Å². The lowest BCUT2D eigenvalue weighted by Gasteiger charge is -2.27. The lowest BCUT2D eigenvalue weighted by atomic mass is 10.1. The molecule has 152 valence electrons. The highest BCUT2D eigenvalue weighted by Crippen LogP contribution is 2.37. The summed E-state index contributed by atoms with van der Waals surface area (Å²) in [6.45, 7) is 1.59. The Bertz CT molecular complexity index is 1200. The lowest BCUT2D eigenvalue weighted by molar-refractivity contribution is 0.356. The standard InChI is InChI=1S/C22H21N5O2S/c1-28-18-10-14-12-23-26-21(16(14)11-19(18)29-2)27-9-8-17-20(13-27)30-22(25-17)24-15-6-4-3-5-7-15/h3-7,10-12H,8-9,13H2,1-2H3,(H,24,25). The summed E-state index contributed by atoms with van der Waals surface area (Å²) in [4.78, 5) is 8.30. The second-order valence-corrected chi connectivity index (χ2v) is 8.10. The fraction of sp³-hybridized carbons (Fsp3) is 0.227. The third-order valence-corrected chi connectivity index (χ3v) is 6.20. The second-order valence-electron chi connectivity index (χ2n) is 7.01. The van der Waals surface area contributed by atoms with E-state index in [0.29, 0.717) is 11.5 Å². The topological polar surface area (TPSA) is 72.4 Å². The van der Waals surface area contributed by atoms with Gasteiger partial charge in [0.2, 0.25) is 0 Å². The highest BCUT2D eigenvalue weighted by atomic mass is 32.1. The maximum atomic E-state index is 5.49. The molecule has 2 aromatic carbocycles. The quantitative estimate of drug-likeness (QED) is 0.514. The van der Waals surface area contributed by atoms with Gasteiger partial charge in [0, 0.05) is 34.3 Å². The van der Waals surface area contributed by atoms with Gasteiger partial charge in [-0.3, -0.25) is 0 Å². The average molecular weight is 420 g/mol. The number of rotatable bonds is 5. The number of para-hydroxylation sites is 1. The first kappa shape index (κ1) is 18.6. The Labute approximate surface area is 178 Å². The molecule has 30 heavy (non-hydrogen) atoms. The third-order valence-electron chi connectivity index (χ3n) is 5.20. The SMILES string of the molecule is COc1cc2cnnc(N3CCc4nc(Nc5ccccc5)sc4C3)c2cc1OC. The average Bonchev–Trinajstić information content (AvgIpc) is 3.19. The predicted octanol–water partition coefficient (Wildman–Crippen LogP) is 4.41. The van der Waals surface area contributed by atoms with E-state index in [9.17, 15) is 0 Å². The van der Waals surface area contributed by atoms with Crippen LogP contribution in [0.5, 0.6) is 11.5 Å². The van der Waals surface area contributed by atoms with Gasteiger partial charge in [-0.2, -0.15) is 5.10 Å². The molecule has 0 spiro atoms. The van der Waals surface area contributed by atoms with Crippen molar-refractivity contribution >= 4 is 38.7 Å². The van der Waals surface area contributed by atoms with Gasteiger partial charge >= 0.3 is 0 Å². The minimum Gasteiger partial charge on any atom is -0.493 e. The predicted molar refractivity (Wildman–Crippen MR) is 119 cm³/mol. The van der Waals surface area contributed by atoms with Crippen LogP contribution in [0.3, 0.4) is 0 Å². The number of methoxy groups -OCH3 is 2. The van der Waals surface area contributed by atoms with Crippen LogP contribution in [0, 0.1) is 0 Å². The Morgan fingerprint density at radius 1 is 1.07 bits per heavy atom. The van der Waals surface area contributed by atoms with Gasteiger partial charge in [-0.25, -0.2) is 4.98 Å². The minimum absolute atomic E-state index is 0.684. The summed E-state index contributed by atoms with van der Waals surface area (Å²) in [6.07, 6.45) is 2.62. The van der Waals surface area contributed by atoms with Crippen LogP contribution in [0.1, 0.15) is 10.6 Å². The number of ether oxygens (including phenoxy) is 2. The van der Waals surface area contributed by atoms with Crippen LogP contribution in [0.4, 0.5) is 16.6 Å². The van der Waals surface area contributed by atoms with Gasteiger partial charge in [0.1, 0.15) is 0 Å². The zero-order valence-electron chi connectivity index (χ0n) is 16.8. The van der Waals surface area contributed by atoms with E-state index in [2.05, 4.69) is 20.4 Å². The number of fused-ring (bicyclic) bond motifs is 2. The van der Waals surface area contributed by atoms with Gasteiger partial charge in [0.15, 0.2) is 22.4 Å². The molecule has 0 atom stereocenters. The summed E-state index contributed by atoms with van der Waals surface area (Å²) in [7, 11) is 3.28. The first-order valence-electron chi connectivity index (χ1n) is 9.68. The van der Waals surface area contributed by atoms with E-state index in [4.69, 9.17) is 14.5 Å². The van der Waals surface area contributed by atoms with E-state index >= 15 is 0 Å². The van der Waals surface area contributed by atoms with Crippen LogP contribution in [0.2, 0.25) is 0 Å². The van der Waals surface area contributed by atoms with E-state index < -0.39 is 0 Å². The first-order valence-corrected chi connectivity index (χ1v) is 10.5. The number of hydrogen-bond acceptors (Lipinski definition) is 8. The highest BCUT2D eigenvalue weighted by Gasteiger charge is 2.24. The van der Waals surface area contributed by atoms with Gasteiger partial charge in [-0.15, -0.1) is 5.10 Å². The second kappa shape index (κ2) is 7.79. The fourth-order valence-electron chi connectivity index (χ4n) is 3.70. The number of benzene rings is 2. The van der Waals surface area contributed by atoms with Crippen molar-refractivity contribution < 1.29 is 9.47 Å². The van der Waals surface area contributed by atoms with Crippen molar-refractivity contribution in [1.29, 1.82) is 0 Å². The van der Waals surface area contributed by atoms with Gasteiger partial charge in [-0.1, -0.05) is 29.5 Å². The van der Waals surface area contributed by atoms with Crippen LogP contribution in [0.15, 0.2) is 48.7 Å². The van der Waals surface area contributed by atoms with Crippen molar-refractivity contribution in [3.05, 3.63) is 59.2 Å². The molecular formula is C22H21N5O2S. The summed E-state index contributed by atoms with van der Waals surface area (Å²) in [5.74, 6) is 2.22. The lowest BCUT2D eigenvalue weighted by Crippen LogP contribution is -2.30. The van der Waals surface area contributed by atoms with Crippen LogP contribution >= 0.6 is 11.3 Å². The third kappa shape index (κ3) is 3.39. The number of anilines is 3. The summed E-state index contributed by atoms with van der Waals surface area (Å²) in [5, 5.41) is 15.0. The number of thiazole rings is 1. The van der Waals surface area contributed by atoms with E-state index in [1.165, 1.54) is 4.88 Å². The minimum atomic E-state index is 0.684. The molecule has 0 amide bonds. The van der Waals surface area contributed by atoms with Crippen molar-refractivity contribution in [1.82, 2.24) is 15.2 Å². The van der Waals surface area contributed by atoms with Crippen molar-refractivity contribution in [2.24, 2.45) is 0 Å². The first-order chi connectivity index (χ1) is 14.7. The number of nitrogens with one attached hydrogen (secondary N) is 1. The molecule has 0 fully saturated rings. The molecule has 7 nitrogen and oxygen atoms in total. The maximum Gasteiger partial charge on any atom is 0.187 e. The zero-order valence-corrected chi connectivity index (χ0v) is 17.6. The Balaban J connectivity index is 1.45. The normalized spacial score (nSPS) is 13.2. The summed E-state index contributed by atoms with van der Waals surface area (Å²) >= 11 is 1.69. The van der Waals surface area contributed by atoms with Gasteiger partial charge < -0.3 is 19.7 Å². The largest absolute Gasteiger partial charge is 0.493 e. The van der Waals surface area contributed by atoms with Crippen molar-refractivity contribution in [3.8, 4) is 11.5 Å². The van der Waals surface area contributed by atoms with Crippen LogP contribution in [-0.4, -0.2) is 35.9 Å². The smallest absolute Gasteiger partial charge is 0.187 e. The molecule has 4 aromatic rings. The van der Waals surface area contributed by atoms with Crippen molar-refractivity contribution in [2.45, 2.75) is 13.0 Å². The Morgan fingerprint density at radius 2 is 1.87 bits per heavy atom. The fourth-order valence-corrected chi connectivity index (χ4v) is 4.75. The van der Waals surface area contributed by atoms with E-state index in [1.54, 1.807) is 31.8 Å². The molecule has 0 saturated carbocycles. The molecule has 0 aliphatic carbocycles.